The largest absolute Gasteiger partial charge is 0.397 e. The van der Waals surface area contributed by atoms with E-state index in [1.165, 1.54) is 10.4 Å². The maximum atomic E-state index is 12.5. The summed E-state index contributed by atoms with van der Waals surface area (Å²) in [6, 6.07) is 14.0. The number of hydrogen-bond acceptors (Lipinski definition) is 3. The first-order valence-corrected chi connectivity index (χ1v) is 10.1. The summed E-state index contributed by atoms with van der Waals surface area (Å²) in [7, 11) is 0. The molecule has 3 N–H and O–H groups in total. The highest BCUT2D eigenvalue weighted by Gasteiger charge is 2.08. The van der Waals surface area contributed by atoms with Gasteiger partial charge in [0.25, 0.3) is 0 Å². The lowest BCUT2D eigenvalue weighted by Gasteiger charge is -2.09. The molecule has 0 heterocycles. The Morgan fingerprint density at radius 1 is 1.07 bits per heavy atom. The van der Waals surface area contributed by atoms with Crippen molar-refractivity contribution in [3.63, 3.8) is 0 Å². The molecular formula is C24H30N2O. The van der Waals surface area contributed by atoms with Crippen LogP contribution in [0.3, 0.4) is 0 Å². The van der Waals surface area contributed by atoms with Crippen molar-refractivity contribution in [2.75, 3.05) is 17.6 Å². The number of nitrogen functional groups attached to an aromatic ring is 1. The molecule has 0 saturated heterocycles. The molecule has 2 aromatic carbocycles. The van der Waals surface area contributed by atoms with E-state index < -0.39 is 0 Å². The SMILES string of the molecule is CC1C=c2cc(C(=O)CCCCCCNc3ccccc3N)ccc2=CC1. The van der Waals surface area contributed by atoms with Crippen molar-refractivity contribution < 1.29 is 4.79 Å². The Labute approximate surface area is 162 Å². The van der Waals surface area contributed by atoms with Gasteiger partial charge in [0.2, 0.25) is 0 Å². The third-order valence-corrected chi connectivity index (χ3v) is 5.19. The molecule has 0 aliphatic heterocycles. The van der Waals surface area contributed by atoms with E-state index in [2.05, 4.69) is 36.5 Å². The van der Waals surface area contributed by atoms with Gasteiger partial charge in [-0.15, -0.1) is 0 Å². The lowest BCUT2D eigenvalue weighted by molar-refractivity contribution is 0.0979. The predicted molar refractivity (Wildman–Crippen MR) is 115 cm³/mol. The number of para-hydroxylation sites is 2. The van der Waals surface area contributed by atoms with Crippen LogP contribution in [-0.2, 0) is 0 Å². The number of carbonyl (C=O) groups is 1. The van der Waals surface area contributed by atoms with Crippen molar-refractivity contribution in [2.45, 2.75) is 45.4 Å². The van der Waals surface area contributed by atoms with Gasteiger partial charge in [-0.05, 0) is 53.8 Å². The summed E-state index contributed by atoms with van der Waals surface area (Å²) in [6.07, 6.45) is 10.5. The van der Waals surface area contributed by atoms with Gasteiger partial charge in [0, 0.05) is 18.5 Å². The average molecular weight is 363 g/mol. The molecule has 3 nitrogen and oxygen atoms in total. The van der Waals surface area contributed by atoms with E-state index in [4.69, 9.17) is 5.73 Å². The summed E-state index contributed by atoms with van der Waals surface area (Å²) in [4.78, 5) is 12.5. The normalized spacial score (nSPS) is 15.4. The van der Waals surface area contributed by atoms with Crippen LogP contribution in [0.4, 0.5) is 11.4 Å². The first-order valence-electron chi connectivity index (χ1n) is 10.1. The van der Waals surface area contributed by atoms with E-state index >= 15 is 0 Å². The van der Waals surface area contributed by atoms with Crippen LogP contribution in [0, 0.1) is 5.92 Å². The number of benzene rings is 2. The summed E-state index contributed by atoms with van der Waals surface area (Å²) in [5.74, 6) is 0.822. The number of hydrogen-bond donors (Lipinski definition) is 2. The number of rotatable bonds is 9. The third-order valence-electron chi connectivity index (χ3n) is 5.19. The first kappa shape index (κ1) is 19.2. The fraction of sp³-hybridized carbons (Fsp3) is 0.375. The van der Waals surface area contributed by atoms with Gasteiger partial charge in [-0.25, -0.2) is 0 Å². The monoisotopic (exact) mass is 362 g/mol. The molecule has 27 heavy (non-hydrogen) atoms. The van der Waals surface area contributed by atoms with Crippen molar-refractivity contribution in [1.29, 1.82) is 0 Å². The lowest BCUT2D eigenvalue weighted by atomic mass is 9.96. The van der Waals surface area contributed by atoms with Crippen molar-refractivity contribution in [3.8, 4) is 0 Å². The molecule has 2 aromatic rings. The van der Waals surface area contributed by atoms with Crippen molar-refractivity contribution >= 4 is 29.3 Å². The van der Waals surface area contributed by atoms with Crippen LogP contribution >= 0.6 is 0 Å². The predicted octanol–water partition coefficient (Wildman–Crippen LogP) is 4.11. The number of Topliss-reactive ketones (excluding diaryl/α,β-unsaturated/α-hetero) is 1. The summed E-state index contributed by atoms with van der Waals surface area (Å²) in [5.41, 5.74) is 8.57. The molecule has 3 rings (SSSR count). The molecular weight excluding hydrogens is 332 g/mol. The second-order valence-electron chi connectivity index (χ2n) is 7.53. The van der Waals surface area contributed by atoms with Gasteiger partial charge in [-0.1, -0.05) is 56.2 Å². The molecule has 0 radical (unpaired) electrons. The molecule has 1 atom stereocenters. The number of nitrogens with one attached hydrogen (secondary N) is 1. The van der Waals surface area contributed by atoms with E-state index in [0.717, 1.165) is 55.6 Å². The highest BCUT2D eigenvalue weighted by Crippen LogP contribution is 2.17. The zero-order valence-corrected chi connectivity index (χ0v) is 16.2. The van der Waals surface area contributed by atoms with Crippen molar-refractivity contribution in [1.82, 2.24) is 0 Å². The van der Waals surface area contributed by atoms with E-state index in [-0.39, 0.29) is 5.78 Å². The first-order chi connectivity index (χ1) is 13.1. The molecule has 1 unspecified atom stereocenters. The Hall–Kier alpha value is -2.55. The van der Waals surface area contributed by atoms with E-state index in [1.54, 1.807) is 0 Å². The van der Waals surface area contributed by atoms with E-state index in [1.807, 2.05) is 30.3 Å². The van der Waals surface area contributed by atoms with Gasteiger partial charge in [0.15, 0.2) is 5.78 Å². The van der Waals surface area contributed by atoms with Gasteiger partial charge in [0.1, 0.15) is 0 Å². The lowest BCUT2D eigenvalue weighted by Crippen LogP contribution is -2.29. The van der Waals surface area contributed by atoms with Gasteiger partial charge >= 0.3 is 0 Å². The van der Waals surface area contributed by atoms with Crippen LogP contribution in [0.2, 0.25) is 0 Å². The molecule has 0 saturated carbocycles. The van der Waals surface area contributed by atoms with Gasteiger partial charge in [0.05, 0.1) is 11.4 Å². The number of nitrogens with two attached hydrogens (primary N) is 1. The van der Waals surface area contributed by atoms with Crippen LogP contribution in [-0.4, -0.2) is 12.3 Å². The Kier molecular flexibility index (Phi) is 6.69. The summed E-state index contributed by atoms with van der Waals surface area (Å²) < 4.78 is 0. The maximum absolute atomic E-state index is 12.5. The molecule has 3 heteroatoms. The van der Waals surface area contributed by atoms with E-state index in [9.17, 15) is 4.79 Å². The molecule has 1 aliphatic rings. The zero-order chi connectivity index (χ0) is 19.1. The molecule has 0 aromatic heterocycles. The molecule has 0 bridgehead atoms. The molecule has 0 amide bonds. The quantitative estimate of drug-likeness (QED) is 0.401. The number of anilines is 2. The Morgan fingerprint density at radius 2 is 1.89 bits per heavy atom. The minimum absolute atomic E-state index is 0.264. The minimum Gasteiger partial charge on any atom is -0.397 e. The number of fused-ring (bicyclic) bond motifs is 1. The average Bonchev–Trinajstić information content (AvgIpc) is 2.67. The second-order valence-corrected chi connectivity index (χ2v) is 7.53. The Morgan fingerprint density at radius 3 is 2.74 bits per heavy atom. The van der Waals surface area contributed by atoms with Crippen molar-refractivity contribution in [3.05, 3.63) is 58.5 Å². The third kappa shape index (κ3) is 5.46. The molecule has 0 spiro atoms. The summed E-state index contributed by atoms with van der Waals surface area (Å²) in [6.45, 7) is 3.13. The summed E-state index contributed by atoms with van der Waals surface area (Å²) in [5, 5.41) is 5.85. The van der Waals surface area contributed by atoms with Gasteiger partial charge in [-0.2, -0.15) is 0 Å². The van der Waals surface area contributed by atoms with Crippen molar-refractivity contribution in [2.24, 2.45) is 5.92 Å². The number of ketones is 1. The standard InChI is InChI=1S/C24H30N2O/c1-18-11-12-19-13-14-20(17-21(19)16-18)24(27)10-4-2-3-7-15-26-23-9-6-5-8-22(23)25/h5-6,8-9,12-14,16-18,26H,2-4,7,10-11,15,25H2,1H3. The molecule has 142 valence electrons. The minimum atomic E-state index is 0.264. The van der Waals surface area contributed by atoms with Crippen LogP contribution in [0.15, 0.2) is 42.5 Å². The van der Waals surface area contributed by atoms with E-state index in [0.29, 0.717) is 12.3 Å². The number of carbonyl (C=O) groups excluding carboxylic acids is 1. The molecule has 0 fully saturated rings. The van der Waals surface area contributed by atoms with Gasteiger partial charge in [-0.3, -0.25) is 4.79 Å². The Bertz CT molecular complexity index is 901. The molecule has 1 aliphatic carbocycles. The highest BCUT2D eigenvalue weighted by molar-refractivity contribution is 5.96. The van der Waals surface area contributed by atoms with Crippen LogP contribution < -0.4 is 21.5 Å². The smallest absolute Gasteiger partial charge is 0.162 e. The Balaban J connectivity index is 1.37. The van der Waals surface area contributed by atoms with Gasteiger partial charge < -0.3 is 11.1 Å². The fourth-order valence-electron chi connectivity index (χ4n) is 3.56. The fourth-order valence-corrected chi connectivity index (χ4v) is 3.56. The topological polar surface area (TPSA) is 55.1 Å². The van der Waals surface area contributed by atoms with Crippen LogP contribution in [0.25, 0.3) is 12.2 Å². The second kappa shape index (κ2) is 9.40. The zero-order valence-electron chi connectivity index (χ0n) is 16.2. The highest BCUT2D eigenvalue weighted by atomic mass is 16.1. The maximum Gasteiger partial charge on any atom is 0.162 e. The van der Waals surface area contributed by atoms with Crippen LogP contribution in [0.1, 0.15) is 55.8 Å². The van der Waals surface area contributed by atoms with Crippen LogP contribution in [0.5, 0.6) is 0 Å². The number of unbranched alkanes of at least 4 members (excludes halogenated alkanes) is 3. The summed E-state index contributed by atoms with van der Waals surface area (Å²) >= 11 is 0.